The van der Waals surface area contributed by atoms with Gasteiger partial charge in [0.25, 0.3) is 0 Å². The van der Waals surface area contributed by atoms with E-state index in [9.17, 15) is 13.2 Å². The molecule has 0 radical (unpaired) electrons. The molecule has 0 amide bonds. The highest BCUT2D eigenvalue weighted by Crippen LogP contribution is 2.35. The van der Waals surface area contributed by atoms with Gasteiger partial charge >= 0.3 is 6.18 Å². The van der Waals surface area contributed by atoms with E-state index in [2.05, 4.69) is 26.8 Å². The van der Waals surface area contributed by atoms with Crippen LogP contribution in [0, 0.1) is 0 Å². The van der Waals surface area contributed by atoms with Crippen LogP contribution in [0.1, 0.15) is 6.42 Å². The molecule has 1 aliphatic rings. The van der Waals surface area contributed by atoms with Gasteiger partial charge < -0.3 is 14.4 Å². The number of aromatic nitrogens is 3. The number of hydrogen-bond acceptors (Lipinski definition) is 4. The molecule has 5 nitrogen and oxygen atoms in total. The van der Waals surface area contributed by atoms with Crippen molar-refractivity contribution in [3.63, 3.8) is 0 Å². The first-order chi connectivity index (χ1) is 12.8. The largest absolute Gasteiger partial charge is 0.406 e. The van der Waals surface area contributed by atoms with Gasteiger partial charge in [-0.3, -0.25) is 0 Å². The SMILES string of the molecule is CN1CCCN(c2ccc3c(c2)c2ncnc(Cl)c2n3CC(F)(F)F)CC1. The summed E-state index contributed by atoms with van der Waals surface area (Å²) in [4.78, 5) is 12.6. The molecule has 1 saturated heterocycles. The average molecular weight is 398 g/mol. The summed E-state index contributed by atoms with van der Waals surface area (Å²) in [5, 5.41) is 0.687. The number of fused-ring (bicyclic) bond motifs is 3. The van der Waals surface area contributed by atoms with Crippen LogP contribution >= 0.6 is 11.6 Å². The van der Waals surface area contributed by atoms with Gasteiger partial charge in [0.1, 0.15) is 23.9 Å². The Balaban J connectivity index is 1.86. The highest BCUT2D eigenvalue weighted by molar-refractivity contribution is 6.34. The molecular weight excluding hydrogens is 379 g/mol. The summed E-state index contributed by atoms with van der Waals surface area (Å²) in [6.45, 7) is 2.63. The van der Waals surface area contributed by atoms with Gasteiger partial charge in [-0.1, -0.05) is 11.6 Å². The van der Waals surface area contributed by atoms with E-state index < -0.39 is 12.7 Å². The van der Waals surface area contributed by atoms with Crippen molar-refractivity contribution < 1.29 is 13.2 Å². The molecule has 4 rings (SSSR count). The molecule has 144 valence electrons. The highest BCUT2D eigenvalue weighted by atomic mass is 35.5. The van der Waals surface area contributed by atoms with Crippen LogP contribution in [0.25, 0.3) is 21.9 Å². The molecule has 1 aliphatic heterocycles. The number of likely N-dealkylation sites (N-methyl/N-ethyl adjacent to an activating group) is 1. The van der Waals surface area contributed by atoms with E-state index in [-0.39, 0.29) is 10.7 Å². The minimum absolute atomic E-state index is 0.0263. The first-order valence-corrected chi connectivity index (χ1v) is 9.14. The van der Waals surface area contributed by atoms with E-state index in [1.807, 2.05) is 12.1 Å². The van der Waals surface area contributed by atoms with Gasteiger partial charge in [-0.05, 0) is 38.2 Å². The molecule has 0 N–H and O–H groups in total. The van der Waals surface area contributed by atoms with Gasteiger partial charge in [0.05, 0.1) is 5.52 Å². The average Bonchev–Trinajstić information content (AvgIpc) is 2.75. The molecule has 0 spiro atoms. The maximum absolute atomic E-state index is 13.1. The summed E-state index contributed by atoms with van der Waals surface area (Å²) in [6.07, 6.45) is -2.04. The topological polar surface area (TPSA) is 37.2 Å². The summed E-state index contributed by atoms with van der Waals surface area (Å²) < 4.78 is 40.6. The Labute approximate surface area is 159 Å². The maximum Gasteiger partial charge on any atom is 0.406 e. The molecule has 3 aromatic rings. The number of alkyl halides is 3. The Morgan fingerprint density at radius 1 is 1.11 bits per heavy atom. The quantitative estimate of drug-likeness (QED) is 0.614. The molecule has 0 atom stereocenters. The fourth-order valence-electron chi connectivity index (χ4n) is 3.71. The van der Waals surface area contributed by atoms with Crippen molar-refractivity contribution in [3.8, 4) is 0 Å². The molecule has 3 heterocycles. The Kier molecular flexibility index (Phi) is 4.63. The third-order valence-corrected chi connectivity index (χ3v) is 5.27. The normalized spacial score (nSPS) is 17.0. The zero-order valence-corrected chi connectivity index (χ0v) is 15.6. The van der Waals surface area contributed by atoms with E-state index in [4.69, 9.17) is 11.6 Å². The third-order valence-electron chi connectivity index (χ3n) is 5.00. The van der Waals surface area contributed by atoms with Crippen LogP contribution in [0.3, 0.4) is 0 Å². The van der Waals surface area contributed by atoms with Crippen LogP contribution < -0.4 is 4.90 Å². The number of hydrogen-bond donors (Lipinski definition) is 0. The Morgan fingerprint density at radius 2 is 1.93 bits per heavy atom. The standard InChI is InChI=1S/C18H19ClF3N5/c1-25-5-2-6-26(8-7-25)12-3-4-14-13(9-12)15-16(17(19)24-11-23-15)27(14)10-18(20,21)22/h3-4,9,11H,2,5-8,10H2,1H3. The van der Waals surface area contributed by atoms with E-state index in [0.29, 0.717) is 16.4 Å². The predicted molar refractivity (Wildman–Crippen MR) is 100 cm³/mol. The molecule has 1 aromatic carbocycles. The van der Waals surface area contributed by atoms with E-state index >= 15 is 0 Å². The van der Waals surface area contributed by atoms with Crippen LogP contribution in [0.4, 0.5) is 18.9 Å². The van der Waals surface area contributed by atoms with E-state index in [1.165, 1.54) is 6.33 Å². The van der Waals surface area contributed by atoms with Crippen LogP contribution in [-0.4, -0.2) is 58.8 Å². The fourth-order valence-corrected chi connectivity index (χ4v) is 3.94. The van der Waals surface area contributed by atoms with Crippen LogP contribution in [0.2, 0.25) is 5.15 Å². The summed E-state index contributed by atoms with van der Waals surface area (Å²) in [5.74, 6) is 0. The minimum Gasteiger partial charge on any atom is -0.370 e. The molecule has 0 aliphatic carbocycles. The zero-order valence-electron chi connectivity index (χ0n) is 14.8. The molecule has 1 fully saturated rings. The number of benzene rings is 1. The van der Waals surface area contributed by atoms with Gasteiger partial charge in [-0.25, -0.2) is 9.97 Å². The van der Waals surface area contributed by atoms with Crippen molar-refractivity contribution in [1.82, 2.24) is 19.4 Å². The van der Waals surface area contributed by atoms with Crippen molar-refractivity contribution >= 4 is 39.2 Å². The number of nitrogens with zero attached hydrogens (tertiary/aromatic N) is 5. The van der Waals surface area contributed by atoms with Crippen LogP contribution in [0.15, 0.2) is 24.5 Å². The van der Waals surface area contributed by atoms with Crippen LogP contribution in [-0.2, 0) is 6.54 Å². The van der Waals surface area contributed by atoms with Gasteiger partial charge in [0, 0.05) is 30.7 Å². The Bertz CT molecular complexity index is 984. The number of anilines is 1. The molecule has 0 saturated carbocycles. The van der Waals surface area contributed by atoms with E-state index in [0.717, 1.165) is 42.9 Å². The van der Waals surface area contributed by atoms with E-state index in [1.54, 1.807) is 6.07 Å². The Hall–Kier alpha value is -2.06. The lowest BCUT2D eigenvalue weighted by Gasteiger charge is -2.23. The first-order valence-electron chi connectivity index (χ1n) is 8.76. The van der Waals surface area contributed by atoms with Crippen molar-refractivity contribution in [2.75, 3.05) is 38.1 Å². The molecule has 27 heavy (non-hydrogen) atoms. The van der Waals surface area contributed by atoms with Gasteiger partial charge in [-0.2, -0.15) is 13.2 Å². The first kappa shape index (κ1) is 18.3. The number of rotatable bonds is 2. The van der Waals surface area contributed by atoms with Crippen molar-refractivity contribution in [2.24, 2.45) is 0 Å². The fraction of sp³-hybridized carbons (Fsp3) is 0.444. The molecule has 0 unspecified atom stereocenters. The van der Waals surface area contributed by atoms with Gasteiger partial charge in [0.15, 0.2) is 5.15 Å². The van der Waals surface area contributed by atoms with Gasteiger partial charge in [0.2, 0.25) is 0 Å². The van der Waals surface area contributed by atoms with Crippen molar-refractivity contribution in [1.29, 1.82) is 0 Å². The number of halogens is 4. The zero-order chi connectivity index (χ0) is 19.2. The maximum atomic E-state index is 13.1. The highest BCUT2D eigenvalue weighted by Gasteiger charge is 2.31. The van der Waals surface area contributed by atoms with Crippen molar-refractivity contribution in [3.05, 3.63) is 29.7 Å². The smallest absolute Gasteiger partial charge is 0.370 e. The second kappa shape index (κ2) is 6.83. The molecular formula is C18H19ClF3N5. The summed E-state index contributed by atoms with van der Waals surface area (Å²) in [5.41, 5.74) is 2.11. The molecule has 9 heteroatoms. The summed E-state index contributed by atoms with van der Waals surface area (Å²) >= 11 is 6.13. The third kappa shape index (κ3) is 3.55. The Morgan fingerprint density at radius 3 is 2.70 bits per heavy atom. The second-order valence-corrected chi connectivity index (χ2v) is 7.27. The lowest BCUT2D eigenvalue weighted by atomic mass is 10.2. The summed E-state index contributed by atoms with van der Waals surface area (Å²) in [6, 6.07) is 5.52. The lowest BCUT2D eigenvalue weighted by molar-refractivity contribution is -0.139. The van der Waals surface area contributed by atoms with Crippen molar-refractivity contribution in [2.45, 2.75) is 19.1 Å². The lowest BCUT2D eigenvalue weighted by Crippen LogP contribution is -2.28. The minimum atomic E-state index is -4.37. The summed E-state index contributed by atoms with van der Waals surface area (Å²) in [7, 11) is 2.09. The van der Waals surface area contributed by atoms with Gasteiger partial charge in [-0.15, -0.1) is 0 Å². The second-order valence-electron chi connectivity index (χ2n) is 6.91. The molecule has 2 aromatic heterocycles. The monoisotopic (exact) mass is 397 g/mol. The molecule has 0 bridgehead atoms. The van der Waals surface area contributed by atoms with Crippen LogP contribution in [0.5, 0.6) is 0 Å². The predicted octanol–water partition coefficient (Wildman–Crippen LogP) is 3.94.